The van der Waals surface area contributed by atoms with E-state index in [9.17, 15) is 4.79 Å². The molecule has 0 aromatic rings. The molecule has 0 radical (unpaired) electrons. The molecular formula is C13H27NO2S. The van der Waals surface area contributed by atoms with Crippen molar-refractivity contribution in [1.29, 1.82) is 0 Å². The second-order valence-corrected chi connectivity index (χ2v) is 4.71. The van der Waals surface area contributed by atoms with Crippen molar-refractivity contribution < 1.29 is 9.53 Å². The standard InChI is InChI=1S/C13H27NO2S/c1-2-3-11-16-13(15)14-10-8-6-4-5-7-9-12-17/h17H,2-12H2,1H3,(H,14,15). The van der Waals surface area contributed by atoms with Crippen molar-refractivity contribution in [2.75, 3.05) is 18.9 Å². The Balaban J connectivity index is 3.08. The summed E-state index contributed by atoms with van der Waals surface area (Å²) in [5.41, 5.74) is 0. The van der Waals surface area contributed by atoms with Crippen molar-refractivity contribution in [1.82, 2.24) is 5.32 Å². The highest BCUT2D eigenvalue weighted by Crippen LogP contribution is 2.05. The van der Waals surface area contributed by atoms with Crippen LogP contribution in [0.3, 0.4) is 0 Å². The molecule has 0 fully saturated rings. The average Bonchev–Trinajstić information content (AvgIpc) is 2.33. The van der Waals surface area contributed by atoms with Gasteiger partial charge in [0.2, 0.25) is 0 Å². The van der Waals surface area contributed by atoms with Crippen LogP contribution < -0.4 is 5.32 Å². The summed E-state index contributed by atoms with van der Waals surface area (Å²) in [5.74, 6) is 0.991. The second-order valence-electron chi connectivity index (χ2n) is 4.26. The quantitative estimate of drug-likeness (QED) is 0.439. The van der Waals surface area contributed by atoms with Gasteiger partial charge in [-0.2, -0.15) is 12.6 Å². The minimum atomic E-state index is -0.270. The Morgan fingerprint density at radius 3 is 2.35 bits per heavy atom. The molecule has 0 rings (SSSR count). The molecule has 0 aromatic carbocycles. The van der Waals surface area contributed by atoms with Crippen LogP contribution >= 0.6 is 12.6 Å². The van der Waals surface area contributed by atoms with Crippen molar-refractivity contribution >= 4 is 18.7 Å². The predicted octanol–water partition coefficient (Wildman–Crippen LogP) is 3.78. The van der Waals surface area contributed by atoms with Crippen LogP contribution in [0.2, 0.25) is 0 Å². The number of hydrogen-bond acceptors (Lipinski definition) is 3. The molecule has 0 heterocycles. The van der Waals surface area contributed by atoms with Crippen molar-refractivity contribution in [3.63, 3.8) is 0 Å². The fourth-order valence-electron chi connectivity index (χ4n) is 1.49. The van der Waals surface area contributed by atoms with Crippen molar-refractivity contribution in [3.8, 4) is 0 Å². The first kappa shape index (κ1) is 16.6. The van der Waals surface area contributed by atoms with Crippen LogP contribution in [0, 0.1) is 0 Å². The highest BCUT2D eigenvalue weighted by atomic mass is 32.1. The predicted molar refractivity (Wildman–Crippen MR) is 75.8 cm³/mol. The van der Waals surface area contributed by atoms with Gasteiger partial charge in [-0.25, -0.2) is 4.79 Å². The Labute approximate surface area is 111 Å². The average molecular weight is 261 g/mol. The van der Waals surface area contributed by atoms with E-state index in [0.29, 0.717) is 6.61 Å². The molecule has 4 heteroatoms. The first-order chi connectivity index (χ1) is 8.31. The molecule has 3 nitrogen and oxygen atoms in total. The Morgan fingerprint density at radius 2 is 1.71 bits per heavy atom. The zero-order chi connectivity index (χ0) is 12.8. The fraction of sp³-hybridized carbons (Fsp3) is 0.923. The molecule has 1 amide bonds. The minimum absolute atomic E-state index is 0.270. The molecule has 0 aromatic heterocycles. The van der Waals surface area contributed by atoms with Gasteiger partial charge in [0.15, 0.2) is 0 Å². The van der Waals surface area contributed by atoms with E-state index in [4.69, 9.17) is 4.74 Å². The fourth-order valence-corrected chi connectivity index (χ4v) is 1.72. The maximum atomic E-state index is 11.2. The van der Waals surface area contributed by atoms with Crippen LogP contribution in [-0.4, -0.2) is 25.0 Å². The number of carbonyl (C=O) groups is 1. The maximum Gasteiger partial charge on any atom is 0.407 e. The van der Waals surface area contributed by atoms with Crippen molar-refractivity contribution in [2.45, 2.75) is 58.3 Å². The van der Waals surface area contributed by atoms with E-state index < -0.39 is 0 Å². The Bertz CT molecular complexity index is 177. The summed E-state index contributed by atoms with van der Waals surface area (Å²) in [6.07, 6.45) is 8.97. The molecule has 17 heavy (non-hydrogen) atoms. The topological polar surface area (TPSA) is 38.3 Å². The number of alkyl carbamates (subject to hydrolysis) is 1. The van der Waals surface area contributed by atoms with Gasteiger partial charge < -0.3 is 10.1 Å². The first-order valence-electron chi connectivity index (χ1n) is 6.82. The summed E-state index contributed by atoms with van der Waals surface area (Å²) in [7, 11) is 0. The van der Waals surface area contributed by atoms with Crippen LogP contribution in [0.5, 0.6) is 0 Å². The number of ether oxygens (including phenoxy) is 1. The van der Waals surface area contributed by atoms with Gasteiger partial charge in [0, 0.05) is 6.54 Å². The third kappa shape index (κ3) is 13.6. The van der Waals surface area contributed by atoms with E-state index in [-0.39, 0.29) is 6.09 Å². The lowest BCUT2D eigenvalue weighted by atomic mass is 10.1. The highest BCUT2D eigenvalue weighted by molar-refractivity contribution is 7.80. The van der Waals surface area contributed by atoms with E-state index in [2.05, 4.69) is 24.9 Å². The Kier molecular flexibility index (Phi) is 13.4. The molecule has 1 N–H and O–H groups in total. The summed E-state index contributed by atoms with van der Waals surface area (Å²) in [4.78, 5) is 11.2. The number of carbonyl (C=O) groups excluding carboxylic acids is 1. The molecule has 102 valence electrons. The van der Waals surface area contributed by atoms with Crippen molar-refractivity contribution in [3.05, 3.63) is 0 Å². The number of thiol groups is 1. The largest absolute Gasteiger partial charge is 0.450 e. The maximum absolute atomic E-state index is 11.2. The molecule has 0 aliphatic carbocycles. The van der Waals surface area contributed by atoms with Gasteiger partial charge in [-0.3, -0.25) is 0 Å². The third-order valence-electron chi connectivity index (χ3n) is 2.59. The Hall–Kier alpha value is -0.380. The van der Waals surface area contributed by atoms with Crippen LogP contribution in [0.15, 0.2) is 0 Å². The zero-order valence-corrected chi connectivity index (χ0v) is 11.9. The number of nitrogens with one attached hydrogen (secondary N) is 1. The highest BCUT2D eigenvalue weighted by Gasteiger charge is 1.99. The number of rotatable bonds is 11. The summed E-state index contributed by atoms with van der Waals surface area (Å²) >= 11 is 4.18. The first-order valence-corrected chi connectivity index (χ1v) is 7.46. The van der Waals surface area contributed by atoms with E-state index in [1.54, 1.807) is 0 Å². The monoisotopic (exact) mass is 261 g/mol. The molecular weight excluding hydrogens is 234 g/mol. The lowest BCUT2D eigenvalue weighted by Crippen LogP contribution is -2.25. The molecule has 0 bridgehead atoms. The molecule has 0 saturated heterocycles. The van der Waals surface area contributed by atoms with Gasteiger partial charge in [-0.15, -0.1) is 0 Å². The lowest BCUT2D eigenvalue weighted by molar-refractivity contribution is 0.144. The molecule has 0 spiro atoms. The van der Waals surface area contributed by atoms with Crippen LogP contribution in [0.25, 0.3) is 0 Å². The van der Waals surface area contributed by atoms with Gasteiger partial charge in [0.1, 0.15) is 0 Å². The summed E-state index contributed by atoms with van der Waals surface area (Å²) in [6.45, 7) is 3.35. The molecule has 0 saturated carbocycles. The SMILES string of the molecule is CCCCOC(=O)NCCCCCCCCS. The van der Waals surface area contributed by atoms with Crippen molar-refractivity contribution in [2.24, 2.45) is 0 Å². The summed E-state index contributed by atoms with van der Waals surface area (Å²) in [5, 5.41) is 2.77. The van der Waals surface area contributed by atoms with E-state index in [1.165, 1.54) is 32.1 Å². The van der Waals surface area contributed by atoms with Gasteiger partial charge in [-0.05, 0) is 25.0 Å². The third-order valence-corrected chi connectivity index (χ3v) is 2.90. The van der Waals surface area contributed by atoms with Gasteiger partial charge >= 0.3 is 6.09 Å². The summed E-state index contributed by atoms with van der Waals surface area (Å²) < 4.78 is 4.98. The normalized spacial score (nSPS) is 10.2. The van der Waals surface area contributed by atoms with E-state index in [0.717, 1.165) is 31.6 Å². The van der Waals surface area contributed by atoms with Crippen LogP contribution in [-0.2, 0) is 4.74 Å². The molecule has 0 unspecified atom stereocenters. The molecule has 0 aliphatic rings. The molecule has 0 atom stereocenters. The number of amides is 1. The smallest absolute Gasteiger partial charge is 0.407 e. The van der Waals surface area contributed by atoms with E-state index >= 15 is 0 Å². The van der Waals surface area contributed by atoms with Gasteiger partial charge in [-0.1, -0.05) is 39.0 Å². The lowest BCUT2D eigenvalue weighted by Gasteiger charge is -2.06. The summed E-state index contributed by atoms with van der Waals surface area (Å²) in [6, 6.07) is 0. The molecule has 0 aliphatic heterocycles. The number of hydrogen-bond donors (Lipinski definition) is 2. The zero-order valence-electron chi connectivity index (χ0n) is 11.0. The van der Waals surface area contributed by atoms with Gasteiger partial charge in [0.25, 0.3) is 0 Å². The van der Waals surface area contributed by atoms with E-state index in [1.807, 2.05) is 0 Å². The van der Waals surface area contributed by atoms with Gasteiger partial charge in [0.05, 0.1) is 6.61 Å². The Morgan fingerprint density at radius 1 is 1.06 bits per heavy atom. The second kappa shape index (κ2) is 13.7. The van der Waals surface area contributed by atoms with Crippen LogP contribution in [0.1, 0.15) is 58.3 Å². The van der Waals surface area contributed by atoms with Crippen LogP contribution in [0.4, 0.5) is 4.79 Å². The number of unbranched alkanes of at least 4 members (excludes halogenated alkanes) is 6. The minimum Gasteiger partial charge on any atom is -0.450 e.